The fraction of sp³-hybridized carbons (Fsp3) is 0.471. The Morgan fingerprint density at radius 1 is 1.30 bits per heavy atom. The molecule has 0 amide bonds. The lowest BCUT2D eigenvalue weighted by Gasteiger charge is -2.40. The van der Waals surface area contributed by atoms with Crippen LogP contribution in [0.4, 0.5) is 0 Å². The van der Waals surface area contributed by atoms with Crippen molar-refractivity contribution in [1.82, 2.24) is 9.88 Å². The summed E-state index contributed by atoms with van der Waals surface area (Å²) < 4.78 is 0. The van der Waals surface area contributed by atoms with Crippen LogP contribution < -0.4 is 5.73 Å². The van der Waals surface area contributed by atoms with Crippen molar-refractivity contribution < 1.29 is 0 Å². The van der Waals surface area contributed by atoms with E-state index in [2.05, 4.69) is 41.1 Å². The summed E-state index contributed by atoms with van der Waals surface area (Å²) in [5.74, 6) is 0. The lowest BCUT2D eigenvalue weighted by Crippen LogP contribution is -2.48. The molecule has 0 radical (unpaired) electrons. The van der Waals surface area contributed by atoms with Gasteiger partial charge in [0.15, 0.2) is 0 Å². The Labute approximate surface area is 120 Å². The van der Waals surface area contributed by atoms with Crippen molar-refractivity contribution in [3.8, 4) is 0 Å². The van der Waals surface area contributed by atoms with E-state index in [0.29, 0.717) is 12.1 Å². The first kappa shape index (κ1) is 13.5. The number of hydrogen-bond acceptors (Lipinski definition) is 3. The normalized spacial score (nSPS) is 24.1. The monoisotopic (exact) mass is 269 g/mol. The van der Waals surface area contributed by atoms with Crippen molar-refractivity contribution in [2.75, 3.05) is 6.54 Å². The quantitative estimate of drug-likeness (QED) is 0.931. The molecule has 2 N–H and O–H groups in total. The third-order valence-corrected chi connectivity index (χ3v) is 4.50. The zero-order valence-corrected chi connectivity index (χ0v) is 12.1. The van der Waals surface area contributed by atoms with Crippen LogP contribution in [0.3, 0.4) is 0 Å². The van der Waals surface area contributed by atoms with Gasteiger partial charge in [0.25, 0.3) is 0 Å². The molecule has 2 aromatic rings. The minimum atomic E-state index is 0.531. The maximum atomic E-state index is 5.95. The topological polar surface area (TPSA) is 42.1 Å². The second kappa shape index (κ2) is 5.90. The molecule has 106 valence electrons. The maximum Gasteiger partial charge on any atom is 0.0702 e. The van der Waals surface area contributed by atoms with E-state index in [1.807, 2.05) is 12.3 Å². The average Bonchev–Trinajstić information content (AvgIpc) is 2.49. The molecule has 1 fully saturated rings. The summed E-state index contributed by atoms with van der Waals surface area (Å²) in [6.07, 6.45) is 5.67. The van der Waals surface area contributed by atoms with E-state index in [1.54, 1.807) is 0 Å². The number of nitrogens with zero attached hydrogens (tertiary/aromatic N) is 2. The van der Waals surface area contributed by atoms with Crippen molar-refractivity contribution in [2.24, 2.45) is 5.73 Å². The predicted octanol–water partition coefficient (Wildman–Crippen LogP) is 2.94. The van der Waals surface area contributed by atoms with Crippen LogP contribution >= 0.6 is 0 Å². The first-order chi connectivity index (χ1) is 9.78. The molecule has 0 bridgehead atoms. The van der Waals surface area contributed by atoms with Gasteiger partial charge in [-0.1, -0.05) is 18.6 Å². The van der Waals surface area contributed by atoms with Crippen LogP contribution in [0.2, 0.25) is 0 Å². The summed E-state index contributed by atoms with van der Waals surface area (Å²) in [4.78, 5) is 6.95. The SMILES string of the molecule is CC1CCCC(CN)N1Cc1ccc2ncccc2c1. The van der Waals surface area contributed by atoms with Gasteiger partial charge in [0.05, 0.1) is 5.52 Å². The van der Waals surface area contributed by atoms with Crippen LogP contribution in [0.25, 0.3) is 10.9 Å². The molecule has 20 heavy (non-hydrogen) atoms. The predicted molar refractivity (Wildman–Crippen MR) is 83.4 cm³/mol. The van der Waals surface area contributed by atoms with Crippen molar-refractivity contribution >= 4 is 10.9 Å². The molecular weight excluding hydrogens is 246 g/mol. The summed E-state index contributed by atoms with van der Waals surface area (Å²) in [7, 11) is 0. The van der Waals surface area contributed by atoms with E-state index in [4.69, 9.17) is 5.73 Å². The number of aromatic nitrogens is 1. The summed E-state index contributed by atoms with van der Waals surface area (Å²) in [5, 5.41) is 1.22. The summed E-state index contributed by atoms with van der Waals surface area (Å²) in [6.45, 7) is 4.08. The summed E-state index contributed by atoms with van der Waals surface area (Å²) >= 11 is 0. The number of hydrogen-bond donors (Lipinski definition) is 1. The third-order valence-electron chi connectivity index (χ3n) is 4.50. The van der Waals surface area contributed by atoms with Crippen LogP contribution in [-0.4, -0.2) is 28.5 Å². The van der Waals surface area contributed by atoms with Gasteiger partial charge in [0, 0.05) is 36.8 Å². The Balaban J connectivity index is 1.83. The number of fused-ring (bicyclic) bond motifs is 1. The number of nitrogens with two attached hydrogens (primary N) is 1. The molecule has 0 spiro atoms. The van der Waals surface area contributed by atoms with Crippen LogP contribution in [0.5, 0.6) is 0 Å². The molecule has 1 aromatic carbocycles. The van der Waals surface area contributed by atoms with Gasteiger partial charge in [-0.15, -0.1) is 0 Å². The van der Waals surface area contributed by atoms with Crippen LogP contribution in [0.15, 0.2) is 36.5 Å². The summed E-state index contributed by atoms with van der Waals surface area (Å²) in [6, 6.07) is 11.9. The molecular formula is C17H23N3. The second-order valence-corrected chi connectivity index (χ2v) is 5.87. The Morgan fingerprint density at radius 3 is 3.05 bits per heavy atom. The van der Waals surface area contributed by atoms with E-state index < -0.39 is 0 Å². The molecule has 0 saturated carbocycles. The molecule has 3 heteroatoms. The van der Waals surface area contributed by atoms with Gasteiger partial charge in [0.2, 0.25) is 0 Å². The zero-order chi connectivity index (χ0) is 13.9. The van der Waals surface area contributed by atoms with Gasteiger partial charge in [-0.25, -0.2) is 0 Å². The van der Waals surface area contributed by atoms with E-state index in [9.17, 15) is 0 Å². The van der Waals surface area contributed by atoms with Crippen LogP contribution in [0, 0.1) is 0 Å². The zero-order valence-electron chi connectivity index (χ0n) is 12.1. The molecule has 2 heterocycles. The van der Waals surface area contributed by atoms with E-state index in [-0.39, 0.29) is 0 Å². The highest BCUT2D eigenvalue weighted by Gasteiger charge is 2.26. The first-order valence-electron chi connectivity index (χ1n) is 7.57. The Morgan fingerprint density at radius 2 is 2.20 bits per heavy atom. The molecule has 1 aliphatic heterocycles. The standard InChI is InChI=1S/C17H23N3/c1-13-4-2-6-16(11-18)20(13)12-14-7-8-17-15(10-14)5-3-9-19-17/h3,5,7-10,13,16H,2,4,6,11-12,18H2,1H3. The van der Waals surface area contributed by atoms with Gasteiger partial charge >= 0.3 is 0 Å². The van der Waals surface area contributed by atoms with Crippen molar-refractivity contribution in [3.05, 3.63) is 42.1 Å². The molecule has 3 nitrogen and oxygen atoms in total. The Kier molecular flexibility index (Phi) is 3.99. The molecule has 1 aliphatic rings. The molecule has 2 atom stereocenters. The molecule has 3 rings (SSSR count). The van der Waals surface area contributed by atoms with Gasteiger partial charge in [-0.05, 0) is 43.5 Å². The lowest BCUT2D eigenvalue weighted by molar-refractivity contribution is 0.0893. The number of rotatable bonds is 3. The van der Waals surface area contributed by atoms with Crippen LogP contribution in [0.1, 0.15) is 31.7 Å². The number of pyridine rings is 1. The minimum absolute atomic E-state index is 0.531. The molecule has 2 unspecified atom stereocenters. The van der Waals surface area contributed by atoms with E-state index in [0.717, 1.165) is 18.6 Å². The minimum Gasteiger partial charge on any atom is -0.329 e. The fourth-order valence-corrected chi connectivity index (χ4v) is 3.31. The van der Waals surface area contributed by atoms with Gasteiger partial charge in [0.1, 0.15) is 0 Å². The maximum absolute atomic E-state index is 5.95. The Bertz CT molecular complexity index is 581. The van der Waals surface area contributed by atoms with Crippen molar-refractivity contribution in [3.63, 3.8) is 0 Å². The highest BCUT2D eigenvalue weighted by molar-refractivity contribution is 5.78. The third kappa shape index (κ3) is 2.69. The Hall–Kier alpha value is -1.45. The highest BCUT2D eigenvalue weighted by atomic mass is 15.2. The number of piperidine rings is 1. The summed E-state index contributed by atoms with van der Waals surface area (Å²) in [5.41, 5.74) is 8.38. The van der Waals surface area contributed by atoms with Gasteiger partial charge in [-0.3, -0.25) is 9.88 Å². The highest BCUT2D eigenvalue weighted by Crippen LogP contribution is 2.25. The van der Waals surface area contributed by atoms with Crippen molar-refractivity contribution in [1.29, 1.82) is 0 Å². The van der Waals surface area contributed by atoms with Crippen molar-refractivity contribution in [2.45, 2.75) is 44.8 Å². The van der Waals surface area contributed by atoms with E-state index in [1.165, 1.54) is 30.2 Å². The van der Waals surface area contributed by atoms with Gasteiger partial charge < -0.3 is 5.73 Å². The number of likely N-dealkylation sites (tertiary alicyclic amines) is 1. The smallest absolute Gasteiger partial charge is 0.0702 e. The second-order valence-electron chi connectivity index (χ2n) is 5.87. The largest absolute Gasteiger partial charge is 0.329 e. The number of benzene rings is 1. The molecule has 1 aromatic heterocycles. The molecule has 1 saturated heterocycles. The van der Waals surface area contributed by atoms with E-state index >= 15 is 0 Å². The average molecular weight is 269 g/mol. The lowest BCUT2D eigenvalue weighted by atomic mass is 9.95. The van der Waals surface area contributed by atoms with Crippen LogP contribution in [-0.2, 0) is 6.54 Å². The fourth-order valence-electron chi connectivity index (χ4n) is 3.31. The molecule has 0 aliphatic carbocycles. The van der Waals surface area contributed by atoms with Gasteiger partial charge in [-0.2, -0.15) is 0 Å². The first-order valence-corrected chi connectivity index (χ1v) is 7.57.